The lowest BCUT2D eigenvalue weighted by molar-refractivity contribution is 0.0951. The number of hydrogen-bond donors (Lipinski definition) is 2. The van der Waals surface area contributed by atoms with Crippen LogP contribution in [0.15, 0.2) is 73.1 Å². The van der Waals surface area contributed by atoms with Crippen LogP contribution in [-0.2, 0) is 19.5 Å². The molecule has 5 nitrogen and oxygen atoms in total. The van der Waals surface area contributed by atoms with Crippen molar-refractivity contribution in [3.63, 3.8) is 0 Å². The number of ether oxygens (including phenoxy) is 1. The van der Waals surface area contributed by atoms with Crippen LogP contribution in [0.25, 0.3) is 0 Å². The van der Waals surface area contributed by atoms with Gasteiger partial charge < -0.3 is 15.4 Å². The monoisotopic (exact) mass is 387 g/mol. The first-order valence-electron chi connectivity index (χ1n) is 9.98. The third-order valence-corrected chi connectivity index (χ3v) is 5.15. The van der Waals surface area contributed by atoms with Crippen LogP contribution in [-0.4, -0.2) is 23.5 Å². The maximum absolute atomic E-state index is 12.3. The predicted molar refractivity (Wildman–Crippen MR) is 113 cm³/mol. The van der Waals surface area contributed by atoms with E-state index in [0.717, 1.165) is 42.9 Å². The maximum atomic E-state index is 12.3. The van der Waals surface area contributed by atoms with E-state index in [4.69, 9.17) is 4.74 Å². The Morgan fingerprint density at radius 3 is 2.69 bits per heavy atom. The summed E-state index contributed by atoms with van der Waals surface area (Å²) in [5.74, 6) is 0.921. The zero-order chi connectivity index (χ0) is 19.9. The predicted octanol–water partition coefficient (Wildman–Crippen LogP) is 3.50. The fraction of sp³-hybridized carbons (Fsp3) is 0.250. The number of benzene rings is 2. The molecule has 1 atom stereocenters. The van der Waals surface area contributed by atoms with Crippen LogP contribution in [0.3, 0.4) is 0 Å². The van der Waals surface area contributed by atoms with Gasteiger partial charge in [0.1, 0.15) is 5.75 Å². The van der Waals surface area contributed by atoms with E-state index in [1.807, 2.05) is 48.5 Å². The third-order valence-electron chi connectivity index (χ3n) is 5.15. The summed E-state index contributed by atoms with van der Waals surface area (Å²) in [6, 6.07) is 20.2. The number of nitrogens with zero attached hydrogens (tertiary/aromatic N) is 1. The molecule has 0 radical (unpaired) electrons. The summed E-state index contributed by atoms with van der Waals surface area (Å²) in [7, 11) is 0. The van der Waals surface area contributed by atoms with Crippen molar-refractivity contribution in [1.82, 2.24) is 15.6 Å². The summed E-state index contributed by atoms with van der Waals surface area (Å²) in [5, 5.41) is 6.55. The molecule has 1 aliphatic rings. The van der Waals surface area contributed by atoms with Crippen molar-refractivity contribution in [2.75, 3.05) is 6.61 Å². The van der Waals surface area contributed by atoms with Gasteiger partial charge in [-0.05, 0) is 53.8 Å². The highest BCUT2D eigenvalue weighted by molar-refractivity contribution is 5.94. The Kier molecular flexibility index (Phi) is 6.17. The molecule has 1 aromatic heterocycles. The number of aromatic nitrogens is 1. The maximum Gasteiger partial charge on any atom is 0.251 e. The Morgan fingerprint density at radius 2 is 1.86 bits per heavy atom. The molecule has 2 heterocycles. The highest BCUT2D eigenvalue weighted by Gasteiger charge is 2.16. The topological polar surface area (TPSA) is 63.2 Å². The minimum absolute atomic E-state index is 0.0779. The second kappa shape index (κ2) is 9.34. The number of nitrogens with one attached hydrogen (secondary N) is 2. The van der Waals surface area contributed by atoms with Crippen LogP contribution in [0, 0.1) is 0 Å². The van der Waals surface area contributed by atoms with E-state index in [2.05, 4.69) is 27.8 Å². The van der Waals surface area contributed by atoms with Gasteiger partial charge in [-0.3, -0.25) is 9.78 Å². The van der Waals surface area contributed by atoms with E-state index in [1.165, 1.54) is 5.56 Å². The molecule has 5 heteroatoms. The fourth-order valence-electron chi connectivity index (χ4n) is 3.49. The van der Waals surface area contributed by atoms with Crippen LogP contribution < -0.4 is 15.4 Å². The minimum atomic E-state index is -0.0779. The van der Waals surface area contributed by atoms with Gasteiger partial charge in [-0.25, -0.2) is 0 Å². The van der Waals surface area contributed by atoms with Crippen molar-refractivity contribution >= 4 is 5.91 Å². The summed E-state index contributed by atoms with van der Waals surface area (Å²) < 4.78 is 5.84. The van der Waals surface area contributed by atoms with E-state index >= 15 is 0 Å². The summed E-state index contributed by atoms with van der Waals surface area (Å²) in [6.07, 6.45) is 5.42. The smallest absolute Gasteiger partial charge is 0.251 e. The molecule has 0 bridgehead atoms. The van der Waals surface area contributed by atoms with E-state index in [0.29, 0.717) is 18.2 Å². The molecule has 148 valence electrons. The lowest BCUT2D eigenvalue weighted by Crippen LogP contribution is -2.31. The van der Waals surface area contributed by atoms with E-state index < -0.39 is 0 Å². The van der Waals surface area contributed by atoms with Gasteiger partial charge in [0.05, 0.1) is 6.61 Å². The summed E-state index contributed by atoms with van der Waals surface area (Å²) in [4.78, 5) is 16.4. The summed E-state index contributed by atoms with van der Waals surface area (Å²) >= 11 is 0. The molecule has 2 N–H and O–H groups in total. The first kappa shape index (κ1) is 19.2. The Balaban J connectivity index is 1.29. The van der Waals surface area contributed by atoms with Gasteiger partial charge in [-0.2, -0.15) is 0 Å². The second-order valence-corrected chi connectivity index (χ2v) is 7.27. The number of carbonyl (C=O) groups is 1. The standard InChI is InChI=1S/C24H25N3O2/c28-24(27-17-19-4-3-12-25-15-19)20-9-7-18(8-10-20)16-26-22-11-13-29-23-6-2-1-5-21(23)14-22/h1-10,12,15,22,26H,11,13-14,16-17H2,(H,27,28). The van der Waals surface area contributed by atoms with Crippen molar-refractivity contribution in [2.24, 2.45) is 0 Å². The second-order valence-electron chi connectivity index (χ2n) is 7.27. The Labute approximate surface area is 171 Å². The lowest BCUT2D eigenvalue weighted by atomic mass is 10.0. The van der Waals surface area contributed by atoms with Crippen LogP contribution in [0.2, 0.25) is 0 Å². The number of amides is 1. The number of carbonyl (C=O) groups excluding carboxylic acids is 1. The van der Waals surface area contributed by atoms with Crippen LogP contribution in [0.4, 0.5) is 0 Å². The normalized spacial score (nSPS) is 15.7. The van der Waals surface area contributed by atoms with Crippen molar-refractivity contribution in [2.45, 2.75) is 32.0 Å². The van der Waals surface area contributed by atoms with Gasteiger partial charge in [0.25, 0.3) is 5.91 Å². The van der Waals surface area contributed by atoms with Crippen molar-refractivity contribution in [1.29, 1.82) is 0 Å². The van der Waals surface area contributed by atoms with Crippen molar-refractivity contribution in [3.05, 3.63) is 95.3 Å². The highest BCUT2D eigenvalue weighted by atomic mass is 16.5. The average molecular weight is 387 g/mol. The first-order valence-corrected chi connectivity index (χ1v) is 9.98. The van der Waals surface area contributed by atoms with E-state index in [9.17, 15) is 4.79 Å². The number of hydrogen-bond acceptors (Lipinski definition) is 4. The van der Waals surface area contributed by atoms with Gasteiger partial charge in [0, 0.05) is 37.1 Å². The molecule has 3 aromatic rings. The van der Waals surface area contributed by atoms with Gasteiger partial charge in [0.2, 0.25) is 0 Å². The molecular weight excluding hydrogens is 362 g/mol. The third kappa shape index (κ3) is 5.21. The minimum Gasteiger partial charge on any atom is -0.493 e. The molecule has 1 amide bonds. The van der Waals surface area contributed by atoms with E-state index in [1.54, 1.807) is 12.4 Å². The molecule has 1 aliphatic heterocycles. The molecule has 1 unspecified atom stereocenters. The molecule has 0 fully saturated rings. The van der Waals surface area contributed by atoms with Gasteiger partial charge in [0.15, 0.2) is 0 Å². The lowest BCUT2D eigenvalue weighted by Gasteiger charge is -2.16. The molecule has 0 spiro atoms. The van der Waals surface area contributed by atoms with Crippen LogP contribution in [0.1, 0.15) is 33.5 Å². The molecule has 4 rings (SSSR count). The molecular formula is C24H25N3O2. The highest BCUT2D eigenvalue weighted by Crippen LogP contribution is 2.23. The van der Waals surface area contributed by atoms with Crippen LogP contribution >= 0.6 is 0 Å². The molecule has 29 heavy (non-hydrogen) atoms. The Bertz CT molecular complexity index is 942. The van der Waals surface area contributed by atoms with Gasteiger partial charge in [-0.1, -0.05) is 36.4 Å². The SMILES string of the molecule is O=C(NCc1cccnc1)c1ccc(CNC2CCOc3ccccc3C2)cc1. The zero-order valence-corrected chi connectivity index (χ0v) is 16.3. The number of para-hydroxylation sites is 1. The average Bonchev–Trinajstić information content (AvgIpc) is 2.99. The summed E-state index contributed by atoms with van der Waals surface area (Å²) in [5.41, 5.74) is 4.06. The zero-order valence-electron chi connectivity index (χ0n) is 16.3. The first-order chi connectivity index (χ1) is 14.3. The number of rotatable bonds is 6. The number of pyridine rings is 1. The van der Waals surface area contributed by atoms with Crippen molar-refractivity contribution < 1.29 is 9.53 Å². The molecule has 0 saturated carbocycles. The Morgan fingerprint density at radius 1 is 1.00 bits per heavy atom. The fourth-order valence-corrected chi connectivity index (χ4v) is 3.49. The molecule has 0 aliphatic carbocycles. The van der Waals surface area contributed by atoms with Gasteiger partial charge in [-0.15, -0.1) is 0 Å². The van der Waals surface area contributed by atoms with E-state index in [-0.39, 0.29) is 5.91 Å². The quantitative estimate of drug-likeness (QED) is 0.680. The van der Waals surface area contributed by atoms with Crippen molar-refractivity contribution in [3.8, 4) is 5.75 Å². The summed E-state index contributed by atoms with van der Waals surface area (Å²) in [6.45, 7) is 1.97. The van der Waals surface area contributed by atoms with Crippen LogP contribution in [0.5, 0.6) is 5.75 Å². The Hall–Kier alpha value is -3.18. The number of fused-ring (bicyclic) bond motifs is 1. The molecule has 2 aromatic carbocycles. The molecule has 0 saturated heterocycles. The largest absolute Gasteiger partial charge is 0.493 e. The van der Waals surface area contributed by atoms with Gasteiger partial charge >= 0.3 is 0 Å².